The Bertz CT molecular complexity index is 406. The van der Waals surface area contributed by atoms with E-state index in [2.05, 4.69) is 0 Å². The van der Waals surface area contributed by atoms with Crippen molar-refractivity contribution < 1.29 is 9.53 Å². The van der Waals surface area contributed by atoms with Crippen LogP contribution in [0.25, 0.3) is 0 Å². The number of halogens is 1. The Labute approximate surface area is 107 Å². The number of carbonyl (C=O) groups is 1. The second-order valence-electron chi connectivity index (χ2n) is 4.09. The van der Waals surface area contributed by atoms with Gasteiger partial charge >= 0.3 is 5.97 Å². The first-order chi connectivity index (χ1) is 7.97. The molecule has 0 N–H and O–H groups in total. The first-order valence-corrected chi connectivity index (χ1v) is 5.96. The molecule has 0 aromatic rings. The maximum Gasteiger partial charge on any atom is 0.334 e. The lowest BCUT2D eigenvalue weighted by atomic mass is 9.94. The SMILES string of the molecule is CCOC(=O)C1=C(C)C(=CN(C)C)C(Cl)=CC1. The summed E-state index contributed by atoms with van der Waals surface area (Å²) < 4.78 is 5.03. The average molecular weight is 256 g/mol. The van der Waals surface area contributed by atoms with Crippen molar-refractivity contribution in [3.05, 3.63) is 34.0 Å². The number of rotatable bonds is 3. The van der Waals surface area contributed by atoms with Crippen molar-refractivity contribution in [2.24, 2.45) is 0 Å². The number of carbonyl (C=O) groups excluding carboxylic acids is 1. The molecule has 4 heteroatoms. The molecule has 1 rings (SSSR count). The number of hydrogen-bond donors (Lipinski definition) is 0. The van der Waals surface area contributed by atoms with Gasteiger partial charge in [-0.15, -0.1) is 0 Å². The lowest BCUT2D eigenvalue weighted by Gasteiger charge is -2.19. The van der Waals surface area contributed by atoms with Gasteiger partial charge in [0, 0.05) is 36.5 Å². The first-order valence-electron chi connectivity index (χ1n) is 5.58. The van der Waals surface area contributed by atoms with Crippen LogP contribution in [0.3, 0.4) is 0 Å². The third kappa shape index (κ3) is 3.37. The molecule has 0 aliphatic heterocycles. The van der Waals surface area contributed by atoms with Crippen LogP contribution in [-0.4, -0.2) is 31.6 Å². The Morgan fingerprint density at radius 1 is 1.59 bits per heavy atom. The van der Waals surface area contributed by atoms with Gasteiger partial charge in [0.15, 0.2) is 0 Å². The molecular formula is C13H18ClNO2. The molecule has 17 heavy (non-hydrogen) atoms. The number of ether oxygens (including phenoxy) is 1. The molecule has 94 valence electrons. The van der Waals surface area contributed by atoms with E-state index in [1.807, 2.05) is 38.2 Å². The maximum absolute atomic E-state index is 11.8. The highest BCUT2D eigenvalue weighted by Crippen LogP contribution is 2.32. The predicted octanol–water partition coefficient (Wildman–Crippen LogP) is 2.84. The van der Waals surface area contributed by atoms with Gasteiger partial charge in [0.25, 0.3) is 0 Å². The van der Waals surface area contributed by atoms with Crippen LogP contribution in [0.2, 0.25) is 0 Å². The van der Waals surface area contributed by atoms with Gasteiger partial charge in [-0.1, -0.05) is 17.7 Å². The van der Waals surface area contributed by atoms with Crippen molar-refractivity contribution in [1.29, 1.82) is 0 Å². The molecule has 0 saturated heterocycles. The zero-order valence-corrected chi connectivity index (χ0v) is 11.5. The third-order valence-corrected chi connectivity index (χ3v) is 2.87. The van der Waals surface area contributed by atoms with E-state index in [9.17, 15) is 4.79 Å². The van der Waals surface area contributed by atoms with Gasteiger partial charge in [-0.05, 0) is 25.8 Å². The van der Waals surface area contributed by atoms with Crippen LogP contribution in [0.4, 0.5) is 0 Å². The van der Waals surface area contributed by atoms with E-state index >= 15 is 0 Å². The monoisotopic (exact) mass is 255 g/mol. The molecule has 3 nitrogen and oxygen atoms in total. The molecule has 0 fully saturated rings. The molecule has 1 aliphatic rings. The second kappa shape index (κ2) is 5.92. The fourth-order valence-electron chi connectivity index (χ4n) is 1.67. The number of allylic oxidation sites excluding steroid dienone is 4. The molecular weight excluding hydrogens is 238 g/mol. The topological polar surface area (TPSA) is 29.5 Å². The van der Waals surface area contributed by atoms with Gasteiger partial charge in [-0.2, -0.15) is 0 Å². The van der Waals surface area contributed by atoms with Crippen molar-refractivity contribution in [1.82, 2.24) is 4.90 Å². The summed E-state index contributed by atoms with van der Waals surface area (Å²) >= 11 is 6.15. The lowest BCUT2D eigenvalue weighted by molar-refractivity contribution is -0.138. The Balaban J connectivity index is 3.08. The summed E-state index contributed by atoms with van der Waals surface area (Å²) in [6.45, 7) is 4.09. The van der Waals surface area contributed by atoms with Crippen molar-refractivity contribution in [3.63, 3.8) is 0 Å². The summed E-state index contributed by atoms with van der Waals surface area (Å²) in [6.07, 6.45) is 4.29. The van der Waals surface area contributed by atoms with Gasteiger partial charge in [-0.25, -0.2) is 4.79 Å². The molecule has 1 aliphatic carbocycles. The first kappa shape index (κ1) is 13.8. The van der Waals surface area contributed by atoms with Gasteiger partial charge < -0.3 is 9.64 Å². The highest BCUT2D eigenvalue weighted by atomic mass is 35.5. The van der Waals surface area contributed by atoms with Gasteiger partial charge in [0.1, 0.15) is 0 Å². The Hall–Kier alpha value is -1.22. The Morgan fingerprint density at radius 2 is 2.24 bits per heavy atom. The number of nitrogens with zero attached hydrogens (tertiary/aromatic N) is 1. The fraction of sp³-hybridized carbons (Fsp3) is 0.462. The largest absolute Gasteiger partial charge is 0.463 e. The molecule has 0 unspecified atom stereocenters. The summed E-state index contributed by atoms with van der Waals surface area (Å²) in [7, 11) is 3.84. The quantitative estimate of drug-likeness (QED) is 0.727. The lowest BCUT2D eigenvalue weighted by Crippen LogP contribution is -2.14. The van der Waals surface area contributed by atoms with Crippen molar-refractivity contribution >= 4 is 17.6 Å². The number of hydrogen-bond acceptors (Lipinski definition) is 3. The average Bonchev–Trinajstić information content (AvgIpc) is 2.24. The van der Waals surface area contributed by atoms with E-state index in [1.54, 1.807) is 6.92 Å². The molecule has 0 radical (unpaired) electrons. The van der Waals surface area contributed by atoms with Crippen LogP contribution >= 0.6 is 11.6 Å². The van der Waals surface area contributed by atoms with Crippen LogP contribution in [-0.2, 0) is 9.53 Å². The molecule has 0 aromatic heterocycles. The van der Waals surface area contributed by atoms with Crippen LogP contribution in [0.15, 0.2) is 34.0 Å². The summed E-state index contributed by atoms with van der Waals surface area (Å²) in [5.41, 5.74) is 2.46. The van der Waals surface area contributed by atoms with E-state index < -0.39 is 0 Å². The summed E-state index contributed by atoms with van der Waals surface area (Å²) in [4.78, 5) is 13.7. The van der Waals surface area contributed by atoms with Crippen molar-refractivity contribution in [2.45, 2.75) is 20.3 Å². The molecule has 0 spiro atoms. The fourth-order valence-corrected chi connectivity index (χ4v) is 1.94. The smallest absolute Gasteiger partial charge is 0.334 e. The predicted molar refractivity (Wildman–Crippen MR) is 69.7 cm³/mol. The minimum atomic E-state index is -0.255. The Kier molecular flexibility index (Phi) is 4.82. The van der Waals surface area contributed by atoms with Crippen LogP contribution in [0.1, 0.15) is 20.3 Å². The van der Waals surface area contributed by atoms with E-state index in [0.29, 0.717) is 23.6 Å². The summed E-state index contributed by atoms with van der Waals surface area (Å²) in [5.74, 6) is -0.255. The van der Waals surface area contributed by atoms with Crippen LogP contribution < -0.4 is 0 Å². The molecule has 0 amide bonds. The van der Waals surface area contributed by atoms with E-state index in [4.69, 9.17) is 16.3 Å². The van der Waals surface area contributed by atoms with Crippen molar-refractivity contribution in [3.8, 4) is 0 Å². The zero-order chi connectivity index (χ0) is 13.0. The summed E-state index contributed by atoms with van der Waals surface area (Å²) in [5, 5.41) is 0.684. The van der Waals surface area contributed by atoms with Crippen LogP contribution in [0.5, 0.6) is 0 Å². The normalized spacial score (nSPS) is 18.2. The van der Waals surface area contributed by atoms with Crippen molar-refractivity contribution in [2.75, 3.05) is 20.7 Å². The highest BCUT2D eigenvalue weighted by molar-refractivity contribution is 6.32. The van der Waals surface area contributed by atoms with E-state index in [1.165, 1.54) is 0 Å². The Morgan fingerprint density at radius 3 is 2.76 bits per heavy atom. The summed E-state index contributed by atoms with van der Waals surface area (Å²) in [6, 6.07) is 0. The van der Waals surface area contributed by atoms with E-state index in [0.717, 1.165) is 11.1 Å². The van der Waals surface area contributed by atoms with Gasteiger partial charge in [0.05, 0.1) is 6.61 Å². The standard InChI is InChI=1S/C13H18ClNO2/c1-5-17-13(16)10-6-7-12(14)11(9(10)2)8-15(3)4/h7-8H,5-6H2,1-4H3. The molecule has 0 atom stereocenters. The second-order valence-corrected chi connectivity index (χ2v) is 4.49. The minimum absolute atomic E-state index is 0.255. The minimum Gasteiger partial charge on any atom is -0.463 e. The van der Waals surface area contributed by atoms with Gasteiger partial charge in [-0.3, -0.25) is 0 Å². The molecule has 0 bridgehead atoms. The maximum atomic E-state index is 11.8. The van der Waals surface area contributed by atoms with Gasteiger partial charge in [0.2, 0.25) is 0 Å². The molecule has 0 heterocycles. The third-order valence-electron chi connectivity index (χ3n) is 2.51. The number of esters is 1. The highest BCUT2D eigenvalue weighted by Gasteiger charge is 2.21. The van der Waals surface area contributed by atoms with E-state index in [-0.39, 0.29) is 5.97 Å². The van der Waals surface area contributed by atoms with Crippen LogP contribution in [0, 0.1) is 0 Å². The molecule has 0 saturated carbocycles. The molecule has 0 aromatic carbocycles. The zero-order valence-electron chi connectivity index (χ0n) is 10.7.